The van der Waals surface area contributed by atoms with Gasteiger partial charge in [0.15, 0.2) is 0 Å². The summed E-state index contributed by atoms with van der Waals surface area (Å²) in [4.78, 5) is 18.7. The van der Waals surface area contributed by atoms with Gasteiger partial charge in [-0.15, -0.1) is 0 Å². The van der Waals surface area contributed by atoms with E-state index in [1.54, 1.807) is 0 Å². The first-order chi connectivity index (χ1) is 8.36. The van der Waals surface area contributed by atoms with E-state index in [9.17, 15) is 4.79 Å². The van der Waals surface area contributed by atoms with Gasteiger partial charge in [-0.2, -0.15) is 0 Å². The third-order valence-corrected chi connectivity index (χ3v) is 3.65. The van der Waals surface area contributed by atoms with Crippen LogP contribution >= 0.6 is 0 Å². The summed E-state index contributed by atoms with van der Waals surface area (Å²) >= 11 is 0. The Kier molecular flexibility index (Phi) is 2.67. The first-order valence-corrected chi connectivity index (χ1v) is 6.31. The number of hydrogen-bond acceptors (Lipinski definition) is 2. The van der Waals surface area contributed by atoms with Crippen LogP contribution in [0, 0.1) is 0 Å². The molecule has 0 atom stereocenters. The highest BCUT2D eigenvalue weighted by atomic mass is 16.1. The molecule has 3 heteroatoms. The molecule has 1 N–H and O–H groups in total. The fraction of sp³-hybridized carbons (Fsp3) is 0.429. The van der Waals surface area contributed by atoms with Crippen LogP contribution in [-0.4, -0.2) is 16.3 Å². The molecule has 0 bridgehead atoms. The smallest absolute Gasteiger partial charge is 0.150 e. The molecular weight excluding hydrogens is 212 g/mol. The molecule has 1 aliphatic carbocycles. The van der Waals surface area contributed by atoms with Crippen molar-refractivity contribution in [2.75, 3.05) is 0 Å². The lowest BCUT2D eigenvalue weighted by atomic mass is 9.89. The average Bonchev–Trinajstić information content (AvgIpc) is 2.82. The number of carbonyl (C=O) groups excluding carboxylic acids is 1. The fourth-order valence-electron chi connectivity index (χ4n) is 2.69. The Morgan fingerprint density at radius 2 is 2.06 bits per heavy atom. The second-order valence-electron chi connectivity index (χ2n) is 4.85. The van der Waals surface area contributed by atoms with Gasteiger partial charge >= 0.3 is 0 Å². The summed E-state index contributed by atoms with van der Waals surface area (Å²) in [7, 11) is 0. The lowest BCUT2D eigenvalue weighted by molar-refractivity contribution is 0.112. The Hall–Kier alpha value is -1.64. The average molecular weight is 228 g/mol. The number of nitrogens with zero attached hydrogens (tertiary/aromatic N) is 1. The molecule has 0 amide bonds. The summed E-state index contributed by atoms with van der Waals surface area (Å²) in [6, 6.07) is 5.62. The van der Waals surface area contributed by atoms with E-state index in [1.807, 2.05) is 18.2 Å². The second kappa shape index (κ2) is 4.32. The van der Waals surface area contributed by atoms with Gasteiger partial charge in [-0.3, -0.25) is 4.79 Å². The predicted octanol–water partition coefficient (Wildman–Crippen LogP) is 3.42. The molecule has 88 valence electrons. The van der Waals surface area contributed by atoms with Crippen molar-refractivity contribution < 1.29 is 4.79 Å². The van der Waals surface area contributed by atoms with Crippen LogP contribution < -0.4 is 0 Å². The van der Waals surface area contributed by atoms with Gasteiger partial charge in [0.1, 0.15) is 12.1 Å². The highest BCUT2D eigenvalue weighted by Crippen LogP contribution is 2.31. The van der Waals surface area contributed by atoms with Crippen LogP contribution in [0.2, 0.25) is 0 Å². The van der Waals surface area contributed by atoms with Crippen molar-refractivity contribution in [1.29, 1.82) is 0 Å². The van der Waals surface area contributed by atoms with Crippen molar-refractivity contribution in [3.8, 4) is 0 Å². The molecule has 0 saturated heterocycles. The van der Waals surface area contributed by atoms with E-state index >= 15 is 0 Å². The normalized spacial score (nSPS) is 17.4. The third kappa shape index (κ3) is 1.97. The summed E-state index contributed by atoms with van der Waals surface area (Å²) in [5.74, 6) is 1.68. The zero-order valence-electron chi connectivity index (χ0n) is 9.78. The van der Waals surface area contributed by atoms with E-state index < -0.39 is 0 Å². The molecule has 0 unspecified atom stereocenters. The maximum atomic E-state index is 10.7. The van der Waals surface area contributed by atoms with Crippen molar-refractivity contribution in [2.24, 2.45) is 0 Å². The Labute approximate surface area is 100 Å². The SMILES string of the molecule is O=Cc1ccc2nc(C3CCCCC3)[nH]c2c1. The number of H-pyrrole nitrogens is 1. The molecule has 1 aromatic heterocycles. The van der Waals surface area contributed by atoms with Gasteiger partial charge in [0, 0.05) is 11.5 Å². The number of aromatic amines is 1. The van der Waals surface area contributed by atoms with Crippen molar-refractivity contribution in [3.63, 3.8) is 0 Å². The summed E-state index contributed by atoms with van der Waals surface area (Å²) < 4.78 is 0. The molecule has 17 heavy (non-hydrogen) atoms. The first kappa shape index (κ1) is 10.5. The van der Waals surface area contributed by atoms with Crippen molar-refractivity contribution in [1.82, 2.24) is 9.97 Å². The van der Waals surface area contributed by atoms with Crippen LogP contribution in [0.5, 0.6) is 0 Å². The highest BCUT2D eigenvalue weighted by Gasteiger charge is 2.18. The van der Waals surface area contributed by atoms with Gasteiger partial charge in [-0.1, -0.05) is 19.3 Å². The van der Waals surface area contributed by atoms with Crippen molar-refractivity contribution in [3.05, 3.63) is 29.6 Å². The third-order valence-electron chi connectivity index (χ3n) is 3.65. The quantitative estimate of drug-likeness (QED) is 0.800. The van der Waals surface area contributed by atoms with Crippen LogP contribution in [0.15, 0.2) is 18.2 Å². The fourth-order valence-corrected chi connectivity index (χ4v) is 2.69. The van der Waals surface area contributed by atoms with Gasteiger partial charge < -0.3 is 4.98 Å². The van der Waals surface area contributed by atoms with Crippen LogP contribution in [0.1, 0.15) is 54.2 Å². The number of imidazole rings is 1. The van der Waals surface area contributed by atoms with Crippen LogP contribution in [-0.2, 0) is 0 Å². The molecule has 1 heterocycles. The minimum absolute atomic E-state index is 0.579. The van der Waals surface area contributed by atoms with E-state index in [0.717, 1.165) is 23.1 Å². The number of nitrogens with one attached hydrogen (secondary N) is 1. The highest BCUT2D eigenvalue weighted by molar-refractivity contribution is 5.84. The van der Waals surface area contributed by atoms with Crippen LogP contribution in [0.25, 0.3) is 11.0 Å². The second-order valence-corrected chi connectivity index (χ2v) is 4.85. The van der Waals surface area contributed by atoms with Gasteiger partial charge in [0.25, 0.3) is 0 Å². The lowest BCUT2D eigenvalue weighted by Crippen LogP contribution is -2.05. The molecule has 1 saturated carbocycles. The Morgan fingerprint density at radius 1 is 1.24 bits per heavy atom. The number of hydrogen-bond donors (Lipinski definition) is 1. The largest absolute Gasteiger partial charge is 0.342 e. The molecule has 0 spiro atoms. The van der Waals surface area contributed by atoms with Gasteiger partial charge in [0.2, 0.25) is 0 Å². The summed E-state index contributed by atoms with van der Waals surface area (Å²) in [5, 5.41) is 0. The number of carbonyl (C=O) groups is 1. The van der Waals surface area contributed by atoms with Gasteiger partial charge in [-0.05, 0) is 31.0 Å². The minimum Gasteiger partial charge on any atom is -0.342 e. The zero-order valence-corrected chi connectivity index (χ0v) is 9.78. The monoisotopic (exact) mass is 228 g/mol. The van der Waals surface area contributed by atoms with E-state index in [0.29, 0.717) is 11.5 Å². The number of aromatic nitrogens is 2. The van der Waals surface area contributed by atoms with Crippen molar-refractivity contribution >= 4 is 17.3 Å². The van der Waals surface area contributed by atoms with E-state index in [2.05, 4.69) is 9.97 Å². The molecule has 1 aromatic carbocycles. The van der Waals surface area contributed by atoms with E-state index in [4.69, 9.17) is 0 Å². The molecule has 2 aromatic rings. The van der Waals surface area contributed by atoms with Crippen LogP contribution in [0.3, 0.4) is 0 Å². The lowest BCUT2D eigenvalue weighted by Gasteiger charge is -2.18. The first-order valence-electron chi connectivity index (χ1n) is 6.31. The molecular formula is C14H16N2O. The van der Waals surface area contributed by atoms with E-state index in [-0.39, 0.29) is 0 Å². The molecule has 0 radical (unpaired) electrons. The molecule has 1 aliphatic rings. The molecule has 1 fully saturated rings. The van der Waals surface area contributed by atoms with Crippen molar-refractivity contribution in [2.45, 2.75) is 38.0 Å². The number of aldehydes is 1. The summed E-state index contributed by atoms with van der Waals surface area (Å²) in [6.45, 7) is 0. The van der Waals surface area contributed by atoms with Gasteiger partial charge in [-0.25, -0.2) is 4.98 Å². The standard InChI is InChI=1S/C14H16N2O/c17-9-10-6-7-12-13(8-10)16-14(15-12)11-4-2-1-3-5-11/h6-9,11H,1-5H2,(H,15,16). The topological polar surface area (TPSA) is 45.8 Å². The molecule has 0 aliphatic heterocycles. The summed E-state index contributed by atoms with van der Waals surface area (Å²) in [5.41, 5.74) is 2.66. The zero-order chi connectivity index (χ0) is 11.7. The van der Waals surface area contributed by atoms with E-state index in [1.165, 1.54) is 32.1 Å². The Morgan fingerprint density at radius 3 is 2.82 bits per heavy atom. The van der Waals surface area contributed by atoms with Gasteiger partial charge in [0.05, 0.1) is 11.0 Å². The maximum Gasteiger partial charge on any atom is 0.150 e. The minimum atomic E-state index is 0.579. The number of benzene rings is 1. The maximum absolute atomic E-state index is 10.7. The molecule has 3 nitrogen and oxygen atoms in total. The predicted molar refractivity (Wildman–Crippen MR) is 67.3 cm³/mol. The Bertz CT molecular complexity index is 538. The number of rotatable bonds is 2. The molecule has 3 rings (SSSR count). The van der Waals surface area contributed by atoms with Crippen LogP contribution in [0.4, 0.5) is 0 Å². The summed E-state index contributed by atoms with van der Waals surface area (Å²) in [6.07, 6.45) is 7.32. The number of fused-ring (bicyclic) bond motifs is 1. The Balaban J connectivity index is 1.97.